The maximum absolute atomic E-state index is 3.89. The maximum atomic E-state index is 3.89. The first-order valence-corrected chi connectivity index (χ1v) is 20.5. The van der Waals surface area contributed by atoms with Gasteiger partial charge in [-0.25, -0.2) is 0 Å². The van der Waals surface area contributed by atoms with Crippen molar-refractivity contribution in [2.75, 3.05) is 10.2 Å². The molecule has 0 fully saturated rings. The molecule has 0 saturated heterocycles. The van der Waals surface area contributed by atoms with Crippen LogP contribution in [0.5, 0.6) is 0 Å². The Morgan fingerprint density at radius 3 is 2.11 bits per heavy atom. The summed E-state index contributed by atoms with van der Waals surface area (Å²) in [6, 6.07) is 43.0. The molecule has 46 heavy (non-hydrogen) atoms. The summed E-state index contributed by atoms with van der Waals surface area (Å²) >= 11 is 3.75. The molecule has 1 radical (unpaired) electrons. The average molecular weight is 644 g/mol. The van der Waals surface area contributed by atoms with Crippen molar-refractivity contribution in [1.29, 1.82) is 0 Å². The quantitative estimate of drug-likeness (QED) is 0.193. The zero-order valence-corrected chi connectivity index (χ0v) is 28.9. The van der Waals surface area contributed by atoms with E-state index < -0.39 is 8.07 Å². The Labute approximate surface area is 281 Å². The van der Waals surface area contributed by atoms with Gasteiger partial charge in [-0.2, -0.15) is 0 Å². The third-order valence-electron chi connectivity index (χ3n) is 9.70. The molecule has 6 aromatic rings. The van der Waals surface area contributed by atoms with Crippen molar-refractivity contribution in [2.24, 2.45) is 0 Å². The summed E-state index contributed by atoms with van der Waals surface area (Å²) in [4.78, 5) is 7.80. The molecule has 1 N–H and O–H groups in total. The second-order valence-corrected chi connectivity index (χ2v) is 19.5. The van der Waals surface area contributed by atoms with Crippen molar-refractivity contribution in [3.8, 4) is 11.1 Å². The normalized spacial score (nSPS) is 14.7. The average Bonchev–Trinajstić information content (AvgIpc) is 3.06. The summed E-state index contributed by atoms with van der Waals surface area (Å²) in [5, 5.41) is 6.90. The number of benzene rings is 6. The highest BCUT2D eigenvalue weighted by molar-refractivity contribution is 8.05. The number of nitrogens with one attached hydrogen (secondary N) is 1. The second-order valence-electron chi connectivity index (χ2n) is 13.0. The first kappa shape index (κ1) is 28.2. The van der Waals surface area contributed by atoms with Crippen LogP contribution in [-0.4, -0.2) is 15.4 Å². The van der Waals surface area contributed by atoms with Crippen LogP contribution >= 0.6 is 23.5 Å². The molecule has 6 heteroatoms. The second kappa shape index (κ2) is 10.5. The molecule has 0 spiro atoms. The SMILES string of the molecule is Cc1cc(-c2cc3c(cc2Nc2ccccc2C)Sc2ccccc2S3)c2c(c1)N1c3ccccc3[Si](C)(C)c3cccc(c31)[B]2. The maximum Gasteiger partial charge on any atom is 0.197 e. The Bertz CT molecular complexity index is 2240. The molecule has 0 unspecified atom stereocenters. The van der Waals surface area contributed by atoms with Gasteiger partial charge in [0.25, 0.3) is 0 Å². The van der Waals surface area contributed by atoms with Crippen molar-refractivity contribution in [3.05, 3.63) is 126 Å². The summed E-state index contributed by atoms with van der Waals surface area (Å²) < 4.78 is 0. The third-order valence-corrected chi connectivity index (χ3v) is 15.7. The third kappa shape index (κ3) is 4.27. The van der Waals surface area contributed by atoms with Crippen molar-refractivity contribution in [3.63, 3.8) is 0 Å². The summed E-state index contributed by atoms with van der Waals surface area (Å²) in [7, 11) is 0.571. The van der Waals surface area contributed by atoms with E-state index in [9.17, 15) is 0 Å². The van der Waals surface area contributed by atoms with Gasteiger partial charge >= 0.3 is 0 Å². The number of nitrogens with zero attached hydrogens (tertiary/aromatic N) is 1. The van der Waals surface area contributed by atoms with Crippen LogP contribution in [-0.2, 0) is 0 Å². The Balaban J connectivity index is 1.29. The molecule has 221 valence electrons. The van der Waals surface area contributed by atoms with Crippen LogP contribution in [0.3, 0.4) is 0 Å². The highest BCUT2D eigenvalue weighted by Gasteiger charge is 2.42. The predicted octanol–water partition coefficient (Wildman–Crippen LogP) is 8.90. The first-order chi connectivity index (χ1) is 22.4. The molecule has 0 aliphatic carbocycles. The van der Waals surface area contributed by atoms with Gasteiger partial charge in [0.2, 0.25) is 0 Å². The number of rotatable bonds is 3. The molecule has 3 aliphatic rings. The lowest BCUT2D eigenvalue weighted by Crippen LogP contribution is -2.62. The molecular weight excluding hydrogens is 611 g/mol. The molecule has 6 aromatic carbocycles. The Morgan fingerprint density at radius 2 is 1.30 bits per heavy atom. The molecule has 0 aromatic heterocycles. The smallest absolute Gasteiger partial charge is 0.197 e. The largest absolute Gasteiger partial charge is 0.355 e. The number of hydrogen-bond acceptors (Lipinski definition) is 4. The van der Waals surface area contributed by atoms with Gasteiger partial charge < -0.3 is 10.2 Å². The van der Waals surface area contributed by atoms with Crippen molar-refractivity contribution in [1.82, 2.24) is 0 Å². The van der Waals surface area contributed by atoms with Crippen molar-refractivity contribution in [2.45, 2.75) is 46.5 Å². The minimum atomic E-state index is -1.88. The molecule has 9 rings (SSSR count). The molecular formula is C40H32BN2S2Si. The zero-order valence-electron chi connectivity index (χ0n) is 26.3. The van der Waals surface area contributed by atoms with Gasteiger partial charge in [-0.05, 0) is 88.8 Å². The van der Waals surface area contributed by atoms with E-state index in [1.807, 2.05) is 23.5 Å². The molecule has 0 bridgehead atoms. The minimum absolute atomic E-state index is 1.13. The van der Waals surface area contributed by atoms with Crippen LogP contribution in [0.4, 0.5) is 28.4 Å². The van der Waals surface area contributed by atoms with E-state index in [0.29, 0.717) is 0 Å². The number of fused-ring (bicyclic) bond motifs is 6. The number of anilines is 5. The highest BCUT2D eigenvalue weighted by Crippen LogP contribution is 2.52. The summed E-state index contributed by atoms with van der Waals surface area (Å²) in [6.07, 6.45) is 0. The first-order valence-electron chi connectivity index (χ1n) is 15.9. The lowest BCUT2D eigenvalue weighted by atomic mass is 9.58. The summed E-state index contributed by atoms with van der Waals surface area (Å²) in [6.45, 7) is 9.42. The topological polar surface area (TPSA) is 15.3 Å². The van der Waals surface area contributed by atoms with Crippen LogP contribution in [0.2, 0.25) is 13.1 Å². The van der Waals surface area contributed by atoms with Gasteiger partial charge in [0, 0.05) is 53.6 Å². The van der Waals surface area contributed by atoms with E-state index in [1.165, 1.54) is 80.2 Å². The van der Waals surface area contributed by atoms with Crippen molar-refractivity contribution < 1.29 is 0 Å². The fraction of sp³-hybridized carbons (Fsp3) is 0.100. The molecule has 3 heterocycles. The molecule has 0 atom stereocenters. The Morgan fingerprint density at radius 1 is 0.609 bits per heavy atom. The van der Waals surface area contributed by atoms with Gasteiger partial charge in [-0.1, -0.05) is 115 Å². The van der Waals surface area contributed by atoms with Crippen LogP contribution in [0.25, 0.3) is 11.1 Å². The Hall–Kier alpha value is -4.10. The van der Waals surface area contributed by atoms with Gasteiger partial charge in [-0.3, -0.25) is 0 Å². The Kier molecular flexibility index (Phi) is 6.40. The molecule has 0 saturated carbocycles. The summed E-state index contributed by atoms with van der Waals surface area (Å²) in [5.74, 6) is 0. The standard InChI is InChI=1S/C40H32BN2S2Si/c1-24-20-27(39-32(21-24)43-31-15-7-10-18-37(31)46(3,4)38-19-11-13-28(41-39)40(38)43)26-22-35-36(45-34-17-9-8-16-33(34)44-35)23-30(26)42-29-14-6-5-12-25(29)2/h5-23,42H,1-4H3. The van der Waals surface area contributed by atoms with Crippen molar-refractivity contribution >= 4 is 88.6 Å². The number of hydrogen-bond donors (Lipinski definition) is 1. The van der Waals surface area contributed by atoms with E-state index >= 15 is 0 Å². The zero-order chi connectivity index (χ0) is 31.2. The molecule has 3 aliphatic heterocycles. The van der Waals surface area contributed by atoms with Gasteiger partial charge in [0.1, 0.15) is 8.07 Å². The lowest BCUT2D eigenvalue weighted by Gasteiger charge is -2.45. The fourth-order valence-corrected chi connectivity index (χ4v) is 12.7. The number of aryl methyl sites for hydroxylation is 2. The predicted molar refractivity (Wildman–Crippen MR) is 202 cm³/mol. The minimum Gasteiger partial charge on any atom is -0.355 e. The lowest BCUT2D eigenvalue weighted by molar-refractivity contribution is 1.16. The van der Waals surface area contributed by atoms with E-state index in [-0.39, 0.29) is 0 Å². The highest BCUT2D eigenvalue weighted by atomic mass is 32.2. The molecule has 0 amide bonds. The van der Waals surface area contributed by atoms with Crippen LogP contribution in [0, 0.1) is 13.8 Å². The van der Waals surface area contributed by atoms with Crippen LogP contribution in [0.15, 0.2) is 135 Å². The van der Waals surface area contributed by atoms with Gasteiger partial charge in [-0.15, -0.1) is 0 Å². The van der Waals surface area contributed by atoms with E-state index in [2.05, 4.69) is 160 Å². The fourth-order valence-electron chi connectivity index (χ4n) is 7.40. The van der Waals surface area contributed by atoms with Crippen LogP contribution in [0.1, 0.15) is 11.1 Å². The van der Waals surface area contributed by atoms with E-state index in [1.54, 1.807) is 0 Å². The van der Waals surface area contributed by atoms with E-state index in [0.717, 1.165) is 11.4 Å². The van der Waals surface area contributed by atoms with Gasteiger partial charge in [0.15, 0.2) is 7.28 Å². The van der Waals surface area contributed by atoms with Crippen LogP contribution < -0.4 is 31.5 Å². The number of para-hydroxylation sites is 3. The van der Waals surface area contributed by atoms with E-state index in [4.69, 9.17) is 0 Å². The summed E-state index contributed by atoms with van der Waals surface area (Å²) in [5.41, 5.74) is 13.8. The monoisotopic (exact) mass is 643 g/mol. The molecule has 2 nitrogen and oxygen atoms in total. The van der Waals surface area contributed by atoms with Gasteiger partial charge in [0.05, 0.1) is 0 Å².